The molecular formula is C11H14N2O. The molecule has 0 fully saturated rings. The van der Waals surface area contributed by atoms with Gasteiger partial charge >= 0.3 is 0 Å². The molecule has 0 aromatic heterocycles. The maximum absolute atomic E-state index is 12.3. The lowest BCUT2D eigenvalue weighted by atomic mass is 10.2. The monoisotopic (exact) mass is 190 g/mol. The Morgan fingerprint density at radius 2 is 2.14 bits per heavy atom. The first-order valence-corrected chi connectivity index (χ1v) is 5.00. The summed E-state index contributed by atoms with van der Waals surface area (Å²) in [7, 11) is 0. The first kappa shape index (κ1) is 9.37. The fraction of sp³-hybridized carbons (Fsp3) is 0.364. The largest absolute Gasteiger partial charge is 0.621 e. The van der Waals surface area contributed by atoms with E-state index in [0.29, 0.717) is 6.54 Å². The third-order valence-electron chi connectivity index (χ3n) is 2.52. The van der Waals surface area contributed by atoms with Crippen molar-refractivity contribution in [1.29, 1.82) is 0 Å². The van der Waals surface area contributed by atoms with E-state index in [4.69, 9.17) is 0 Å². The second kappa shape index (κ2) is 3.52. The molecule has 1 heterocycles. The third kappa shape index (κ3) is 1.45. The van der Waals surface area contributed by atoms with Gasteiger partial charge in [-0.15, -0.1) is 0 Å². The quantitative estimate of drug-likeness (QED) is 0.533. The summed E-state index contributed by atoms with van der Waals surface area (Å²) in [5.74, 6) is 0. The number of nitrogens with zero attached hydrogens (tertiary/aromatic N) is 2. The molecule has 3 nitrogen and oxygen atoms in total. The molecule has 0 spiro atoms. The lowest BCUT2D eigenvalue weighted by molar-refractivity contribution is 0.535. The number of quaternary nitrogens is 1. The molecule has 1 unspecified atom stereocenters. The normalized spacial score (nSPS) is 23.9. The Hall–Kier alpha value is -1.19. The SMILES string of the molecule is CCCC[N+]1([O-])C=Nc2ccccc21. The lowest BCUT2D eigenvalue weighted by Gasteiger charge is -2.34. The minimum absolute atomic E-state index is 0.385. The lowest BCUT2D eigenvalue weighted by Crippen LogP contribution is -2.40. The molecule has 2 rings (SSSR count). The molecule has 0 amide bonds. The Bertz CT molecular complexity index is 362. The number of fused-ring (bicyclic) bond motifs is 1. The van der Waals surface area contributed by atoms with Crippen molar-refractivity contribution >= 4 is 17.7 Å². The Morgan fingerprint density at radius 1 is 1.36 bits per heavy atom. The summed E-state index contributed by atoms with van der Waals surface area (Å²) in [4.78, 5) is 4.14. The van der Waals surface area contributed by atoms with Crippen LogP contribution in [0.4, 0.5) is 11.4 Å². The molecule has 1 aromatic rings. The van der Waals surface area contributed by atoms with Crippen LogP contribution in [-0.4, -0.2) is 12.9 Å². The van der Waals surface area contributed by atoms with Crippen LogP contribution in [-0.2, 0) is 0 Å². The maximum Gasteiger partial charge on any atom is 0.195 e. The van der Waals surface area contributed by atoms with Gasteiger partial charge in [-0.2, -0.15) is 4.99 Å². The smallest absolute Gasteiger partial charge is 0.195 e. The molecule has 3 heteroatoms. The summed E-state index contributed by atoms with van der Waals surface area (Å²) in [6.07, 6.45) is 3.47. The summed E-state index contributed by atoms with van der Waals surface area (Å²) in [6, 6.07) is 7.55. The van der Waals surface area contributed by atoms with Crippen molar-refractivity contribution in [2.45, 2.75) is 19.8 Å². The molecule has 14 heavy (non-hydrogen) atoms. The Balaban J connectivity index is 2.28. The van der Waals surface area contributed by atoms with Gasteiger partial charge in [-0.1, -0.05) is 25.5 Å². The topological polar surface area (TPSA) is 35.4 Å². The van der Waals surface area contributed by atoms with Crippen LogP contribution in [0.5, 0.6) is 0 Å². The van der Waals surface area contributed by atoms with Gasteiger partial charge in [-0.3, -0.25) is 4.65 Å². The van der Waals surface area contributed by atoms with Gasteiger partial charge in [0.25, 0.3) is 0 Å². The van der Waals surface area contributed by atoms with E-state index in [1.807, 2.05) is 24.3 Å². The minimum Gasteiger partial charge on any atom is -0.621 e. The van der Waals surface area contributed by atoms with Crippen molar-refractivity contribution < 1.29 is 0 Å². The average molecular weight is 190 g/mol. The predicted molar refractivity (Wildman–Crippen MR) is 59.5 cm³/mol. The van der Waals surface area contributed by atoms with E-state index in [0.717, 1.165) is 24.2 Å². The maximum atomic E-state index is 12.3. The van der Waals surface area contributed by atoms with E-state index in [1.54, 1.807) is 0 Å². The van der Waals surface area contributed by atoms with Crippen molar-refractivity contribution in [3.05, 3.63) is 29.5 Å². The van der Waals surface area contributed by atoms with Crippen molar-refractivity contribution in [3.63, 3.8) is 0 Å². The van der Waals surface area contributed by atoms with Crippen LogP contribution in [0.3, 0.4) is 0 Å². The predicted octanol–water partition coefficient (Wildman–Crippen LogP) is 2.97. The molecule has 1 aromatic carbocycles. The van der Waals surface area contributed by atoms with E-state index in [1.165, 1.54) is 6.34 Å². The Labute approximate surface area is 83.9 Å². The Morgan fingerprint density at radius 3 is 2.93 bits per heavy atom. The number of hydrogen-bond donors (Lipinski definition) is 0. The summed E-state index contributed by atoms with van der Waals surface area (Å²) < 4.78 is -0.385. The molecule has 0 aliphatic carbocycles. The standard InChI is InChI=1S/C11H14N2O/c1-2-3-8-13(14)9-12-10-6-4-5-7-11(10)13/h4-7,9H,2-3,8H2,1H3. The van der Waals surface area contributed by atoms with Gasteiger partial charge in [-0.05, 0) is 12.5 Å². The average Bonchev–Trinajstić information content (AvgIpc) is 2.55. The molecule has 74 valence electrons. The van der Waals surface area contributed by atoms with Crippen LogP contribution in [0.2, 0.25) is 0 Å². The van der Waals surface area contributed by atoms with E-state index < -0.39 is 0 Å². The molecule has 0 radical (unpaired) electrons. The van der Waals surface area contributed by atoms with Crippen LogP contribution in [0.15, 0.2) is 29.3 Å². The number of benzene rings is 1. The highest BCUT2D eigenvalue weighted by atomic mass is 16.5. The van der Waals surface area contributed by atoms with E-state index in [-0.39, 0.29) is 4.65 Å². The van der Waals surface area contributed by atoms with Crippen molar-refractivity contribution in [2.75, 3.05) is 6.54 Å². The fourth-order valence-electron chi connectivity index (χ4n) is 1.68. The van der Waals surface area contributed by atoms with Gasteiger partial charge in [0.05, 0.1) is 6.54 Å². The van der Waals surface area contributed by atoms with Crippen LogP contribution in [0.25, 0.3) is 0 Å². The van der Waals surface area contributed by atoms with Crippen molar-refractivity contribution in [2.24, 2.45) is 4.99 Å². The van der Waals surface area contributed by atoms with Gasteiger partial charge in [0, 0.05) is 6.07 Å². The first-order valence-electron chi connectivity index (χ1n) is 5.00. The van der Waals surface area contributed by atoms with Gasteiger partial charge in [0.15, 0.2) is 12.0 Å². The molecule has 0 saturated heterocycles. The third-order valence-corrected chi connectivity index (χ3v) is 2.52. The number of para-hydroxylation sites is 2. The van der Waals surface area contributed by atoms with Gasteiger partial charge < -0.3 is 5.21 Å². The zero-order valence-electron chi connectivity index (χ0n) is 8.31. The molecule has 0 bridgehead atoms. The van der Waals surface area contributed by atoms with Crippen LogP contribution in [0.1, 0.15) is 19.8 Å². The van der Waals surface area contributed by atoms with Crippen molar-refractivity contribution in [3.8, 4) is 0 Å². The summed E-state index contributed by atoms with van der Waals surface area (Å²) in [5.41, 5.74) is 1.60. The zero-order valence-corrected chi connectivity index (χ0v) is 8.31. The number of rotatable bonds is 3. The number of hydrogen-bond acceptors (Lipinski definition) is 2. The molecule has 1 atom stereocenters. The summed E-state index contributed by atoms with van der Waals surface area (Å²) in [5, 5.41) is 12.3. The van der Waals surface area contributed by atoms with Gasteiger partial charge in [0.2, 0.25) is 0 Å². The highest BCUT2D eigenvalue weighted by molar-refractivity contribution is 5.89. The van der Waals surface area contributed by atoms with E-state index in [9.17, 15) is 5.21 Å². The number of unbranched alkanes of at least 4 members (excludes halogenated alkanes) is 1. The van der Waals surface area contributed by atoms with Crippen LogP contribution >= 0.6 is 0 Å². The summed E-state index contributed by atoms with van der Waals surface area (Å²) >= 11 is 0. The molecule has 1 aliphatic heterocycles. The van der Waals surface area contributed by atoms with Crippen LogP contribution < -0.4 is 4.65 Å². The highest BCUT2D eigenvalue weighted by Crippen LogP contribution is 2.36. The molecule has 0 N–H and O–H groups in total. The van der Waals surface area contributed by atoms with E-state index >= 15 is 0 Å². The second-order valence-electron chi connectivity index (χ2n) is 3.61. The molecule has 1 aliphatic rings. The second-order valence-corrected chi connectivity index (χ2v) is 3.61. The van der Waals surface area contributed by atoms with Gasteiger partial charge in [0.1, 0.15) is 5.69 Å². The number of aliphatic imine (C=N–C) groups is 1. The summed E-state index contributed by atoms with van der Waals surface area (Å²) in [6.45, 7) is 2.68. The first-order chi connectivity index (χ1) is 6.76. The molecular weight excluding hydrogens is 176 g/mol. The fourth-order valence-corrected chi connectivity index (χ4v) is 1.68. The zero-order chi connectivity index (χ0) is 10.0. The Kier molecular flexibility index (Phi) is 2.35. The molecule has 0 saturated carbocycles. The van der Waals surface area contributed by atoms with Crippen LogP contribution in [0, 0.1) is 5.21 Å². The minimum atomic E-state index is -0.385. The van der Waals surface area contributed by atoms with E-state index in [2.05, 4.69) is 11.9 Å². The number of hydroxylamine groups is 2. The van der Waals surface area contributed by atoms with Crippen molar-refractivity contribution in [1.82, 2.24) is 4.65 Å². The van der Waals surface area contributed by atoms with Gasteiger partial charge in [-0.25, -0.2) is 0 Å². The highest BCUT2D eigenvalue weighted by Gasteiger charge is 2.26.